The molecule has 24 heavy (non-hydrogen) atoms. The summed E-state index contributed by atoms with van der Waals surface area (Å²) >= 11 is 5.91. The molecule has 3 N–H and O–H groups in total. The van der Waals surface area contributed by atoms with Crippen LogP contribution in [0.4, 0.5) is 5.69 Å². The molecule has 0 saturated heterocycles. The summed E-state index contributed by atoms with van der Waals surface area (Å²) in [7, 11) is 0. The SMILES string of the molecule is NC1(c2noc(CNC(=O)c3c(Cl)cccc3[N+](=O)[O-])n2)CCC1. The first-order valence-electron chi connectivity index (χ1n) is 7.24. The molecule has 1 amide bonds. The molecule has 10 heteroatoms. The van der Waals surface area contributed by atoms with Crippen molar-refractivity contribution < 1.29 is 14.2 Å². The number of nitro groups is 1. The van der Waals surface area contributed by atoms with Crippen molar-refractivity contribution in [3.63, 3.8) is 0 Å². The summed E-state index contributed by atoms with van der Waals surface area (Å²) in [6.07, 6.45) is 2.57. The first-order valence-corrected chi connectivity index (χ1v) is 7.61. The lowest BCUT2D eigenvalue weighted by Crippen LogP contribution is -2.44. The van der Waals surface area contributed by atoms with Gasteiger partial charge >= 0.3 is 0 Å². The maximum absolute atomic E-state index is 12.2. The fourth-order valence-electron chi connectivity index (χ4n) is 2.44. The standard InChI is InChI=1S/C14H14ClN5O4/c15-8-3-1-4-9(20(22)23)11(8)12(21)17-7-10-18-13(19-24-10)14(16)5-2-6-14/h1,3-4H,2,5-7,16H2,(H,17,21). The number of nitrogens with one attached hydrogen (secondary N) is 1. The average Bonchev–Trinajstić information content (AvgIpc) is 2.99. The van der Waals surface area contributed by atoms with E-state index in [0.29, 0.717) is 5.82 Å². The van der Waals surface area contributed by atoms with Crippen LogP contribution in [0, 0.1) is 10.1 Å². The summed E-state index contributed by atoms with van der Waals surface area (Å²) in [5, 5.41) is 17.3. The van der Waals surface area contributed by atoms with Crippen molar-refractivity contribution in [2.45, 2.75) is 31.3 Å². The van der Waals surface area contributed by atoms with Gasteiger partial charge in [-0.05, 0) is 25.3 Å². The van der Waals surface area contributed by atoms with E-state index in [2.05, 4.69) is 15.5 Å². The largest absolute Gasteiger partial charge is 0.343 e. The Kier molecular flexibility index (Phi) is 4.20. The molecular formula is C14H14ClN5O4. The minimum atomic E-state index is -0.696. The number of hydrogen-bond donors (Lipinski definition) is 2. The van der Waals surface area contributed by atoms with Crippen LogP contribution < -0.4 is 11.1 Å². The van der Waals surface area contributed by atoms with Gasteiger partial charge in [0.1, 0.15) is 5.56 Å². The molecule has 0 unspecified atom stereocenters. The van der Waals surface area contributed by atoms with E-state index >= 15 is 0 Å². The Labute approximate surface area is 141 Å². The van der Waals surface area contributed by atoms with E-state index in [-0.39, 0.29) is 28.7 Å². The summed E-state index contributed by atoms with van der Waals surface area (Å²) in [5.41, 5.74) is 4.95. The number of hydrogen-bond acceptors (Lipinski definition) is 7. The van der Waals surface area contributed by atoms with Crippen molar-refractivity contribution >= 4 is 23.2 Å². The number of nitro benzene ring substituents is 1. The van der Waals surface area contributed by atoms with E-state index in [1.54, 1.807) is 0 Å². The second kappa shape index (κ2) is 6.17. The smallest absolute Gasteiger partial charge is 0.283 e. The van der Waals surface area contributed by atoms with Gasteiger partial charge in [-0.2, -0.15) is 4.98 Å². The number of rotatable bonds is 5. The predicted molar refractivity (Wildman–Crippen MR) is 83.3 cm³/mol. The Morgan fingerprint density at radius 1 is 1.50 bits per heavy atom. The van der Waals surface area contributed by atoms with Crippen LogP contribution in [0.5, 0.6) is 0 Å². The van der Waals surface area contributed by atoms with E-state index < -0.39 is 16.4 Å². The lowest BCUT2D eigenvalue weighted by Gasteiger charge is -2.34. The molecule has 1 aliphatic carbocycles. The number of benzene rings is 1. The third-order valence-electron chi connectivity index (χ3n) is 3.97. The molecule has 0 bridgehead atoms. The minimum absolute atomic E-state index is 0.0108. The predicted octanol–water partition coefficient (Wildman–Crippen LogP) is 1.90. The Hall–Kier alpha value is -2.52. The van der Waals surface area contributed by atoms with Gasteiger partial charge in [0.25, 0.3) is 11.6 Å². The van der Waals surface area contributed by atoms with Crippen LogP contribution in [0.2, 0.25) is 5.02 Å². The topological polar surface area (TPSA) is 137 Å². The van der Waals surface area contributed by atoms with Crippen molar-refractivity contribution in [3.05, 3.63) is 50.6 Å². The number of amides is 1. The quantitative estimate of drug-likeness (QED) is 0.619. The summed E-state index contributed by atoms with van der Waals surface area (Å²) in [5.74, 6) is -0.121. The zero-order chi connectivity index (χ0) is 17.3. The summed E-state index contributed by atoms with van der Waals surface area (Å²) in [6, 6.07) is 4.02. The highest BCUT2D eigenvalue weighted by Crippen LogP contribution is 2.36. The first-order chi connectivity index (χ1) is 11.4. The van der Waals surface area contributed by atoms with Crippen LogP contribution in [0.1, 0.15) is 41.3 Å². The van der Waals surface area contributed by atoms with Crippen molar-refractivity contribution in [2.75, 3.05) is 0 Å². The van der Waals surface area contributed by atoms with Crippen LogP contribution in [0.3, 0.4) is 0 Å². The Bertz CT molecular complexity index is 802. The zero-order valence-corrected chi connectivity index (χ0v) is 13.2. The number of aromatic nitrogens is 2. The number of halogens is 1. The van der Waals surface area contributed by atoms with Gasteiger partial charge in [0.15, 0.2) is 5.82 Å². The van der Waals surface area contributed by atoms with Gasteiger partial charge in [0.2, 0.25) is 5.89 Å². The van der Waals surface area contributed by atoms with Crippen LogP contribution in [-0.2, 0) is 12.1 Å². The van der Waals surface area contributed by atoms with E-state index in [0.717, 1.165) is 19.3 Å². The fourth-order valence-corrected chi connectivity index (χ4v) is 2.70. The van der Waals surface area contributed by atoms with E-state index in [1.165, 1.54) is 18.2 Å². The van der Waals surface area contributed by atoms with Gasteiger partial charge in [-0.15, -0.1) is 0 Å². The fraction of sp³-hybridized carbons (Fsp3) is 0.357. The highest BCUT2D eigenvalue weighted by molar-refractivity contribution is 6.34. The third kappa shape index (κ3) is 2.95. The number of carbonyl (C=O) groups is 1. The summed E-state index contributed by atoms with van der Waals surface area (Å²) < 4.78 is 5.06. The normalized spacial score (nSPS) is 15.6. The van der Waals surface area contributed by atoms with Gasteiger partial charge in [0.05, 0.1) is 22.0 Å². The molecule has 9 nitrogen and oxygen atoms in total. The highest BCUT2D eigenvalue weighted by Gasteiger charge is 2.39. The lowest BCUT2D eigenvalue weighted by molar-refractivity contribution is -0.385. The molecule has 0 atom stereocenters. The van der Waals surface area contributed by atoms with Crippen LogP contribution in [0.15, 0.2) is 22.7 Å². The van der Waals surface area contributed by atoms with Crippen LogP contribution >= 0.6 is 11.6 Å². The van der Waals surface area contributed by atoms with Crippen molar-refractivity contribution in [1.82, 2.24) is 15.5 Å². The Morgan fingerprint density at radius 3 is 2.88 bits per heavy atom. The van der Waals surface area contributed by atoms with E-state index in [1.807, 2.05) is 0 Å². The van der Waals surface area contributed by atoms with Gasteiger partial charge in [-0.1, -0.05) is 22.8 Å². The molecule has 3 rings (SSSR count). The maximum atomic E-state index is 12.2. The first kappa shape index (κ1) is 16.3. The molecular weight excluding hydrogens is 338 g/mol. The number of nitrogens with zero attached hydrogens (tertiary/aromatic N) is 3. The average molecular weight is 352 g/mol. The second-order valence-corrected chi connectivity index (χ2v) is 6.00. The molecule has 1 aromatic carbocycles. The van der Waals surface area contributed by atoms with Crippen LogP contribution in [-0.4, -0.2) is 21.0 Å². The third-order valence-corrected chi connectivity index (χ3v) is 4.29. The maximum Gasteiger partial charge on any atom is 0.283 e. The highest BCUT2D eigenvalue weighted by atomic mass is 35.5. The van der Waals surface area contributed by atoms with Crippen molar-refractivity contribution in [1.29, 1.82) is 0 Å². The van der Waals surface area contributed by atoms with Gasteiger partial charge in [-0.3, -0.25) is 14.9 Å². The van der Waals surface area contributed by atoms with Crippen LogP contribution in [0.25, 0.3) is 0 Å². The van der Waals surface area contributed by atoms with Crippen molar-refractivity contribution in [3.8, 4) is 0 Å². The van der Waals surface area contributed by atoms with Gasteiger partial charge in [-0.25, -0.2) is 0 Å². The van der Waals surface area contributed by atoms with E-state index in [9.17, 15) is 14.9 Å². The lowest BCUT2D eigenvalue weighted by atomic mass is 9.77. The Morgan fingerprint density at radius 2 is 2.25 bits per heavy atom. The zero-order valence-electron chi connectivity index (χ0n) is 12.5. The molecule has 2 aromatic rings. The molecule has 0 spiro atoms. The molecule has 0 aliphatic heterocycles. The monoisotopic (exact) mass is 351 g/mol. The summed E-state index contributed by atoms with van der Waals surface area (Å²) in [4.78, 5) is 26.7. The van der Waals surface area contributed by atoms with Gasteiger partial charge in [0, 0.05) is 6.07 Å². The minimum Gasteiger partial charge on any atom is -0.343 e. The molecule has 1 saturated carbocycles. The molecule has 0 radical (unpaired) electrons. The molecule has 1 heterocycles. The molecule has 126 valence electrons. The molecule has 1 fully saturated rings. The Balaban J connectivity index is 1.72. The molecule has 1 aromatic heterocycles. The van der Waals surface area contributed by atoms with Gasteiger partial charge < -0.3 is 15.6 Å². The number of carbonyl (C=O) groups excluding carboxylic acids is 1. The summed E-state index contributed by atoms with van der Waals surface area (Å²) in [6.45, 7) is -0.0791. The number of nitrogens with two attached hydrogens (primary N) is 1. The van der Waals surface area contributed by atoms with E-state index in [4.69, 9.17) is 21.9 Å². The second-order valence-electron chi connectivity index (χ2n) is 5.60. The molecule has 1 aliphatic rings. The van der Waals surface area contributed by atoms with Crippen molar-refractivity contribution in [2.24, 2.45) is 5.73 Å².